The molecule has 0 aliphatic carbocycles. The lowest BCUT2D eigenvalue weighted by atomic mass is 10.7. The van der Waals surface area contributed by atoms with Gasteiger partial charge in [0.05, 0.1) is 0 Å². The molecule has 0 atom stereocenters. The number of rotatable bonds is 0. The second-order valence-electron chi connectivity index (χ2n) is 0.946. The molecule has 0 saturated carbocycles. The van der Waals surface area contributed by atoms with Crippen LogP contribution in [0.4, 0.5) is 0 Å². The summed E-state index contributed by atoms with van der Waals surface area (Å²) in [6, 6.07) is 0. The van der Waals surface area contributed by atoms with E-state index in [2.05, 4.69) is 22.6 Å². The van der Waals surface area contributed by atoms with Gasteiger partial charge in [-0.05, 0) is 0 Å². The summed E-state index contributed by atoms with van der Waals surface area (Å²) in [4.78, 5) is 10.1. The van der Waals surface area contributed by atoms with E-state index < -0.39 is 5.91 Å². The minimum Gasteiger partial charge on any atom is -0.264 e. The summed E-state index contributed by atoms with van der Waals surface area (Å²) in [6.45, 7) is 0. The zero-order valence-electron chi connectivity index (χ0n) is 3.21. The fraction of sp³-hybridized carbons (Fsp3) is 0. The van der Waals surface area contributed by atoms with Crippen LogP contribution in [-0.4, -0.2) is 10.9 Å². The molecular weight excluding hydrogens is 114 g/mol. The van der Waals surface area contributed by atoms with Crippen LogP contribution in [-0.2, 0) is 4.79 Å². The summed E-state index contributed by atoms with van der Waals surface area (Å²) in [5.74, 6) is -0.394. The highest BCUT2D eigenvalue weighted by molar-refractivity contribution is 7.82. The van der Waals surface area contributed by atoms with Crippen molar-refractivity contribution in [1.82, 2.24) is 5.43 Å². The second kappa shape index (κ2) is 1.34. The molecule has 1 N–H and O–H groups in total. The molecule has 36 valence electrons. The molecule has 7 heavy (non-hydrogen) atoms. The molecule has 0 aromatic carbocycles. The van der Waals surface area contributed by atoms with Crippen molar-refractivity contribution >= 4 is 23.1 Å². The van der Waals surface area contributed by atoms with E-state index in [-0.39, 0.29) is 4.99 Å². The van der Waals surface area contributed by atoms with E-state index in [1.165, 1.54) is 0 Å². The van der Waals surface area contributed by atoms with Crippen molar-refractivity contribution in [3.8, 4) is 0 Å². The van der Waals surface area contributed by atoms with Crippen LogP contribution in [0.2, 0.25) is 0 Å². The van der Waals surface area contributed by atoms with E-state index in [9.17, 15) is 4.79 Å². The molecule has 1 amide bonds. The van der Waals surface area contributed by atoms with Gasteiger partial charge in [-0.25, -0.2) is 5.43 Å². The maximum Gasteiger partial charge on any atom is 0.304 e. The lowest BCUT2D eigenvalue weighted by Gasteiger charge is -1.75. The molecule has 0 fully saturated rings. The Labute approximate surface area is 44.6 Å². The molecule has 0 spiro atoms. The van der Waals surface area contributed by atoms with Crippen LogP contribution in [0.15, 0.2) is 10.3 Å². The van der Waals surface area contributed by atoms with E-state index >= 15 is 0 Å². The van der Waals surface area contributed by atoms with E-state index in [1.807, 2.05) is 5.43 Å². The Morgan fingerprint density at radius 2 is 2.43 bits per heavy atom. The summed E-state index contributed by atoms with van der Waals surface area (Å²) in [5, 5.41) is 6.34. The quantitative estimate of drug-likeness (QED) is 0.445. The monoisotopic (exact) mass is 115 g/mol. The van der Waals surface area contributed by atoms with Crippen molar-refractivity contribution in [2.75, 3.05) is 0 Å². The lowest BCUT2D eigenvalue weighted by molar-refractivity contribution is -0.114. The van der Waals surface area contributed by atoms with Gasteiger partial charge in [-0.1, -0.05) is 17.4 Å². The topological polar surface area (TPSA) is 53.8 Å². The first kappa shape index (κ1) is 4.32. The number of nitrogens with one attached hydrogen (secondary N) is 1. The molecule has 0 unspecified atom stereocenters. The van der Waals surface area contributed by atoms with E-state index in [1.54, 1.807) is 0 Å². The Morgan fingerprint density at radius 1 is 1.71 bits per heavy atom. The third kappa shape index (κ3) is 0.614. The van der Waals surface area contributed by atoms with Crippen molar-refractivity contribution in [2.24, 2.45) is 10.3 Å². The molecule has 1 rings (SSSR count). The molecule has 0 bridgehead atoms. The van der Waals surface area contributed by atoms with Crippen molar-refractivity contribution < 1.29 is 4.79 Å². The third-order valence-corrected chi connectivity index (χ3v) is 0.754. The summed E-state index contributed by atoms with van der Waals surface area (Å²) in [7, 11) is 0. The highest BCUT2D eigenvalue weighted by atomic mass is 32.1. The van der Waals surface area contributed by atoms with Gasteiger partial charge in [0.2, 0.25) is 4.99 Å². The first-order chi connectivity index (χ1) is 3.30. The van der Waals surface area contributed by atoms with Gasteiger partial charge in [-0.2, -0.15) is 0 Å². The van der Waals surface area contributed by atoms with Crippen LogP contribution in [0.1, 0.15) is 0 Å². The number of amides is 1. The Morgan fingerprint density at radius 3 is 2.57 bits per heavy atom. The zero-order chi connectivity index (χ0) is 5.28. The minimum atomic E-state index is -0.394. The van der Waals surface area contributed by atoms with Crippen molar-refractivity contribution in [1.29, 1.82) is 0 Å². The van der Waals surface area contributed by atoms with Gasteiger partial charge < -0.3 is 0 Å². The molecule has 0 aromatic heterocycles. The fourth-order valence-electron chi connectivity index (χ4n) is 0.209. The van der Waals surface area contributed by atoms with Gasteiger partial charge in [-0.3, -0.25) is 4.79 Å². The summed E-state index contributed by atoms with van der Waals surface area (Å²) >= 11 is 4.37. The zero-order valence-corrected chi connectivity index (χ0v) is 4.03. The van der Waals surface area contributed by atoms with Gasteiger partial charge in [0.1, 0.15) is 0 Å². The van der Waals surface area contributed by atoms with Gasteiger partial charge in [0.25, 0.3) is 0 Å². The van der Waals surface area contributed by atoms with Gasteiger partial charge in [0.15, 0.2) is 0 Å². The highest BCUT2D eigenvalue weighted by Gasteiger charge is 2.11. The Hall–Kier alpha value is -0.840. The number of carbonyl (C=O) groups excluding carboxylic acids is 1. The first-order valence-corrected chi connectivity index (χ1v) is 1.96. The van der Waals surface area contributed by atoms with Crippen LogP contribution in [0.5, 0.6) is 0 Å². The highest BCUT2D eigenvalue weighted by Crippen LogP contribution is 1.88. The number of carbonyl (C=O) groups is 1. The second-order valence-corrected chi connectivity index (χ2v) is 1.33. The van der Waals surface area contributed by atoms with E-state index in [0.717, 1.165) is 0 Å². The Bertz CT molecular complexity index is 151. The van der Waals surface area contributed by atoms with Crippen LogP contribution in [0, 0.1) is 0 Å². The maximum atomic E-state index is 10.1. The van der Waals surface area contributed by atoms with Crippen LogP contribution >= 0.6 is 12.2 Å². The molecule has 1 aliphatic rings. The van der Waals surface area contributed by atoms with Crippen molar-refractivity contribution in [3.05, 3.63) is 0 Å². The molecule has 0 saturated heterocycles. The van der Waals surface area contributed by atoms with Crippen molar-refractivity contribution in [2.45, 2.75) is 0 Å². The van der Waals surface area contributed by atoms with E-state index in [0.29, 0.717) is 0 Å². The molecular formula is C2HN3OS. The number of nitrogens with zero attached hydrogens (tertiary/aromatic N) is 2. The average molecular weight is 115 g/mol. The summed E-state index contributed by atoms with van der Waals surface area (Å²) in [5.41, 5.74) is 2.05. The third-order valence-electron chi connectivity index (χ3n) is 0.487. The summed E-state index contributed by atoms with van der Waals surface area (Å²) in [6.07, 6.45) is 0. The molecule has 4 nitrogen and oxygen atoms in total. The average Bonchev–Trinajstić information content (AvgIpc) is 1.91. The number of hydrogen-bond acceptors (Lipinski definition) is 3. The SMILES string of the molecule is O=C1NN=NC1=S. The van der Waals surface area contributed by atoms with E-state index in [4.69, 9.17) is 0 Å². The largest absolute Gasteiger partial charge is 0.304 e. The van der Waals surface area contributed by atoms with Gasteiger partial charge in [0, 0.05) is 0 Å². The number of thiocarbonyl (C=S) groups is 1. The molecule has 1 aliphatic heterocycles. The molecule has 0 radical (unpaired) electrons. The predicted molar refractivity (Wildman–Crippen MR) is 25.6 cm³/mol. The standard InChI is InChI=1S/C2HN3OS/c6-1-2(7)4-5-3-1/h(H,3,4,6,7). The van der Waals surface area contributed by atoms with Crippen LogP contribution in [0.25, 0.3) is 0 Å². The summed E-state index contributed by atoms with van der Waals surface area (Å²) < 4.78 is 0. The Kier molecular flexibility index (Phi) is 0.828. The van der Waals surface area contributed by atoms with Crippen LogP contribution in [0.3, 0.4) is 0 Å². The molecule has 0 aromatic rings. The van der Waals surface area contributed by atoms with Crippen molar-refractivity contribution in [3.63, 3.8) is 0 Å². The van der Waals surface area contributed by atoms with Gasteiger partial charge in [-0.15, -0.1) is 5.11 Å². The fourth-order valence-corrected chi connectivity index (χ4v) is 0.296. The van der Waals surface area contributed by atoms with Crippen LogP contribution < -0.4 is 5.43 Å². The Balaban J connectivity index is 2.81. The predicted octanol–water partition coefficient (Wildman–Crippen LogP) is -0.189. The number of hydrogen-bond donors (Lipinski definition) is 1. The smallest absolute Gasteiger partial charge is 0.264 e. The first-order valence-electron chi connectivity index (χ1n) is 1.56. The minimum absolute atomic E-state index is 0.000000000000000222. The molecule has 5 heteroatoms. The van der Waals surface area contributed by atoms with Gasteiger partial charge >= 0.3 is 5.91 Å². The maximum absolute atomic E-state index is 10.1. The normalized spacial score (nSPS) is 17.7. The molecule has 1 heterocycles. The lowest BCUT2D eigenvalue weighted by Crippen LogP contribution is -2.16.